The summed E-state index contributed by atoms with van der Waals surface area (Å²) in [7, 11) is 1.69. The third-order valence-electron chi connectivity index (χ3n) is 4.42. The van der Waals surface area contributed by atoms with E-state index in [1.54, 1.807) is 7.11 Å². The normalized spacial score (nSPS) is 11.1. The maximum Gasteiger partial charge on any atom is 0.191 e. The molecule has 0 fully saturated rings. The molecule has 2 heterocycles. The molecule has 156 valence electrons. The number of guanidine groups is 1. The molecule has 0 saturated carbocycles. The van der Waals surface area contributed by atoms with Gasteiger partial charge in [0.05, 0.1) is 25.0 Å². The molecule has 0 aliphatic carbocycles. The van der Waals surface area contributed by atoms with Gasteiger partial charge in [0.25, 0.3) is 0 Å². The monoisotopic (exact) mass is 500 g/mol. The van der Waals surface area contributed by atoms with Gasteiger partial charge in [-0.25, -0.2) is 4.99 Å². The van der Waals surface area contributed by atoms with Crippen molar-refractivity contribution in [3.05, 3.63) is 40.5 Å². The Balaban J connectivity index is 0.00000392. The highest BCUT2D eigenvalue weighted by atomic mass is 127. The average molecular weight is 500 g/mol. The standard InChI is InChI=1S/C20H32N6O.HI/c1-7-21-20(22-9-8-10-26-16(4)11-15(3)25-26)24-13-18-17(5)19(27-6)14(2)12-23-18;/h11-12H,7-10,13H2,1-6H3,(H2,21,22,24);1H. The van der Waals surface area contributed by atoms with E-state index in [-0.39, 0.29) is 24.0 Å². The predicted octanol–water partition coefficient (Wildman–Crippen LogP) is 3.28. The topological polar surface area (TPSA) is 76.4 Å². The lowest BCUT2D eigenvalue weighted by Gasteiger charge is -2.13. The minimum atomic E-state index is 0. The maximum absolute atomic E-state index is 5.48. The molecule has 2 N–H and O–H groups in total. The summed E-state index contributed by atoms with van der Waals surface area (Å²) in [6.07, 6.45) is 2.81. The summed E-state index contributed by atoms with van der Waals surface area (Å²) >= 11 is 0. The average Bonchev–Trinajstić information content (AvgIpc) is 2.95. The number of pyridine rings is 1. The quantitative estimate of drug-likeness (QED) is 0.252. The molecule has 2 aromatic heterocycles. The van der Waals surface area contributed by atoms with Crippen LogP contribution in [-0.2, 0) is 13.1 Å². The van der Waals surface area contributed by atoms with Gasteiger partial charge in [-0.3, -0.25) is 9.67 Å². The smallest absolute Gasteiger partial charge is 0.191 e. The minimum absolute atomic E-state index is 0. The van der Waals surface area contributed by atoms with Gasteiger partial charge in [0.15, 0.2) is 5.96 Å². The van der Waals surface area contributed by atoms with E-state index >= 15 is 0 Å². The number of methoxy groups -OCH3 is 1. The van der Waals surface area contributed by atoms with Crippen LogP contribution in [0.15, 0.2) is 17.3 Å². The molecule has 0 aliphatic rings. The lowest BCUT2D eigenvalue weighted by Crippen LogP contribution is -2.38. The molecular formula is C20H33IN6O. The molecule has 0 bridgehead atoms. The zero-order chi connectivity index (χ0) is 19.8. The van der Waals surface area contributed by atoms with Crippen molar-refractivity contribution in [1.29, 1.82) is 0 Å². The summed E-state index contributed by atoms with van der Waals surface area (Å²) in [5, 5.41) is 11.2. The third-order valence-corrected chi connectivity index (χ3v) is 4.42. The summed E-state index contributed by atoms with van der Waals surface area (Å²) in [5.41, 5.74) is 5.27. The van der Waals surface area contributed by atoms with E-state index in [2.05, 4.69) is 45.6 Å². The molecule has 2 rings (SSSR count). The van der Waals surface area contributed by atoms with Gasteiger partial charge in [0.2, 0.25) is 0 Å². The number of hydrogen-bond acceptors (Lipinski definition) is 4. The van der Waals surface area contributed by atoms with Gasteiger partial charge in [0, 0.05) is 42.7 Å². The van der Waals surface area contributed by atoms with Gasteiger partial charge in [-0.1, -0.05) is 0 Å². The summed E-state index contributed by atoms with van der Waals surface area (Å²) in [6.45, 7) is 13.2. The molecule has 0 amide bonds. The lowest BCUT2D eigenvalue weighted by atomic mass is 10.1. The third kappa shape index (κ3) is 6.65. The van der Waals surface area contributed by atoms with E-state index in [0.29, 0.717) is 6.54 Å². The highest BCUT2D eigenvalue weighted by Gasteiger charge is 2.09. The maximum atomic E-state index is 5.48. The van der Waals surface area contributed by atoms with E-state index in [9.17, 15) is 0 Å². The van der Waals surface area contributed by atoms with Crippen LogP contribution in [-0.4, -0.2) is 40.9 Å². The second-order valence-corrected chi connectivity index (χ2v) is 6.67. The highest BCUT2D eigenvalue weighted by molar-refractivity contribution is 14.0. The Bertz CT molecular complexity index is 787. The second kappa shape index (κ2) is 11.9. The number of nitrogens with zero attached hydrogens (tertiary/aromatic N) is 4. The van der Waals surface area contributed by atoms with Gasteiger partial charge in [-0.05, 0) is 47.1 Å². The molecule has 8 heteroatoms. The summed E-state index contributed by atoms with van der Waals surface area (Å²) in [4.78, 5) is 9.18. The van der Waals surface area contributed by atoms with Gasteiger partial charge in [-0.2, -0.15) is 5.10 Å². The Morgan fingerprint density at radius 2 is 1.96 bits per heavy atom. The van der Waals surface area contributed by atoms with Gasteiger partial charge < -0.3 is 15.4 Å². The van der Waals surface area contributed by atoms with Crippen molar-refractivity contribution < 1.29 is 4.74 Å². The van der Waals surface area contributed by atoms with Crippen molar-refractivity contribution in [2.45, 2.75) is 54.1 Å². The van der Waals surface area contributed by atoms with Gasteiger partial charge in [-0.15, -0.1) is 24.0 Å². The van der Waals surface area contributed by atoms with Crippen molar-refractivity contribution >= 4 is 29.9 Å². The van der Waals surface area contributed by atoms with Crippen LogP contribution in [0.1, 0.15) is 41.6 Å². The molecule has 0 spiro atoms. The fourth-order valence-electron chi connectivity index (χ4n) is 3.06. The van der Waals surface area contributed by atoms with Crippen LogP contribution < -0.4 is 15.4 Å². The first-order valence-corrected chi connectivity index (χ1v) is 9.48. The minimum Gasteiger partial charge on any atom is -0.496 e. The van der Waals surface area contributed by atoms with Crippen LogP contribution in [0.2, 0.25) is 0 Å². The number of aliphatic imine (C=N–C) groups is 1. The van der Waals surface area contributed by atoms with E-state index in [0.717, 1.165) is 60.3 Å². The zero-order valence-corrected chi connectivity index (χ0v) is 20.1. The van der Waals surface area contributed by atoms with E-state index in [1.165, 1.54) is 5.69 Å². The van der Waals surface area contributed by atoms with Crippen molar-refractivity contribution in [2.75, 3.05) is 20.2 Å². The molecule has 2 aromatic rings. The first kappa shape index (κ1) is 24.2. The number of rotatable bonds is 8. The van der Waals surface area contributed by atoms with Crippen molar-refractivity contribution in [1.82, 2.24) is 25.4 Å². The molecular weight excluding hydrogens is 467 g/mol. The van der Waals surface area contributed by atoms with Gasteiger partial charge >= 0.3 is 0 Å². The summed E-state index contributed by atoms with van der Waals surface area (Å²) < 4.78 is 7.52. The summed E-state index contributed by atoms with van der Waals surface area (Å²) in [6, 6.07) is 2.10. The van der Waals surface area contributed by atoms with Crippen LogP contribution in [0.4, 0.5) is 0 Å². The van der Waals surface area contributed by atoms with Crippen LogP contribution in [0.25, 0.3) is 0 Å². The molecule has 0 radical (unpaired) electrons. The molecule has 0 aromatic carbocycles. The molecule has 28 heavy (non-hydrogen) atoms. The van der Waals surface area contributed by atoms with E-state index in [1.807, 2.05) is 31.6 Å². The van der Waals surface area contributed by atoms with Crippen molar-refractivity contribution in [2.24, 2.45) is 4.99 Å². The number of ether oxygens (including phenoxy) is 1. The summed E-state index contributed by atoms with van der Waals surface area (Å²) in [5.74, 6) is 1.68. The Morgan fingerprint density at radius 3 is 2.57 bits per heavy atom. The van der Waals surface area contributed by atoms with Crippen LogP contribution in [0.3, 0.4) is 0 Å². The van der Waals surface area contributed by atoms with Crippen LogP contribution in [0, 0.1) is 27.7 Å². The van der Waals surface area contributed by atoms with Crippen molar-refractivity contribution in [3.63, 3.8) is 0 Å². The van der Waals surface area contributed by atoms with Crippen LogP contribution >= 0.6 is 24.0 Å². The number of hydrogen-bond donors (Lipinski definition) is 2. The Hall–Kier alpha value is -1.84. The second-order valence-electron chi connectivity index (χ2n) is 6.67. The molecule has 0 saturated heterocycles. The Labute approximate surface area is 185 Å². The molecule has 0 unspecified atom stereocenters. The number of nitrogens with one attached hydrogen (secondary N) is 2. The van der Waals surface area contributed by atoms with Gasteiger partial charge in [0.1, 0.15) is 5.75 Å². The molecule has 0 atom stereocenters. The number of halogens is 1. The highest BCUT2D eigenvalue weighted by Crippen LogP contribution is 2.24. The largest absolute Gasteiger partial charge is 0.496 e. The van der Waals surface area contributed by atoms with E-state index < -0.39 is 0 Å². The zero-order valence-electron chi connectivity index (χ0n) is 17.8. The Morgan fingerprint density at radius 1 is 1.21 bits per heavy atom. The predicted molar refractivity (Wildman–Crippen MR) is 125 cm³/mol. The fraction of sp³-hybridized carbons (Fsp3) is 0.550. The number of aromatic nitrogens is 3. The fourth-order valence-corrected chi connectivity index (χ4v) is 3.06. The van der Waals surface area contributed by atoms with E-state index in [4.69, 9.17) is 4.74 Å². The lowest BCUT2D eigenvalue weighted by molar-refractivity contribution is 0.407. The Kier molecular flexibility index (Phi) is 10.3. The SMILES string of the molecule is CCNC(=NCc1ncc(C)c(OC)c1C)NCCCn1nc(C)cc1C.I. The first-order chi connectivity index (χ1) is 13.0. The van der Waals surface area contributed by atoms with Crippen LogP contribution in [0.5, 0.6) is 5.75 Å². The number of aryl methyl sites for hydroxylation is 4. The van der Waals surface area contributed by atoms with Crippen molar-refractivity contribution in [3.8, 4) is 5.75 Å². The molecule has 7 nitrogen and oxygen atoms in total. The first-order valence-electron chi connectivity index (χ1n) is 9.48. The molecule has 0 aliphatic heterocycles.